The van der Waals surface area contributed by atoms with Gasteiger partial charge in [-0.1, -0.05) is 54.6 Å². The number of anilines is 1. The van der Waals surface area contributed by atoms with Gasteiger partial charge in [-0.2, -0.15) is 0 Å². The minimum atomic E-state index is -0.403. The zero-order valence-electron chi connectivity index (χ0n) is 15.8. The predicted molar refractivity (Wildman–Crippen MR) is 112 cm³/mol. The fraction of sp³-hybridized carbons (Fsp3) is 0.0833. The van der Waals surface area contributed by atoms with Gasteiger partial charge in [-0.3, -0.25) is 4.79 Å². The normalized spacial score (nSPS) is 10.6. The maximum atomic E-state index is 12.2. The average Bonchev–Trinajstić information content (AvgIpc) is 2.74. The summed E-state index contributed by atoms with van der Waals surface area (Å²) in [5.41, 5.74) is 5.11. The number of carbonyl (C=O) groups is 2. The first kappa shape index (κ1) is 19.1. The molecule has 0 heterocycles. The van der Waals surface area contributed by atoms with Gasteiger partial charge in [0.2, 0.25) is 5.91 Å². The van der Waals surface area contributed by atoms with Crippen molar-refractivity contribution in [2.24, 2.45) is 0 Å². The summed E-state index contributed by atoms with van der Waals surface area (Å²) in [6, 6.07) is 23.1. The number of hydrogen-bond donors (Lipinski definition) is 1. The van der Waals surface area contributed by atoms with E-state index in [-0.39, 0.29) is 5.91 Å². The molecule has 1 N–H and O–H groups in total. The molecule has 3 aromatic rings. The Hall–Kier alpha value is -3.66. The predicted octanol–water partition coefficient (Wildman–Crippen LogP) is 5.10. The topological polar surface area (TPSA) is 55.4 Å². The molecule has 140 valence electrons. The lowest BCUT2D eigenvalue weighted by molar-refractivity contribution is -0.111. The Kier molecular flexibility index (Phi) is 6.02. The second-order valence-corrected chi connectivity index (χ2v) is 6.33. The molecule has 0 aliphatic heterocycles. The van der Waals surface area contributed by atoms with Crippen molar-refractivity contribution >= 4 is 23.6 Å². The molecule has 0 aromatic heterocycles. The monoisotopic (exact) mass is 371 g/mol. The molecule has 1 amide bonds. The van der Waals surface area contributed by atoms with Crippen molar-refractivity contribution in [1.82, 2.24) is 0 Å². The summed E-state index contributed by atoms with van der Waals surface area (Å²) in [7, 11) is 1.34. The molecule has 0 unspecified atom stereocenters. The SMILES string of the molecule is COC(=O)c1ccc(NC(=O)/C=C/c2ccc(-c3ccccc3)cc2)c(C)c1. The van der Waals surface area contributed by atoms with Gasteiger partial charge in [0.1, 0.15) is 0 Å². The molecular weight excluding hydrogens is 350 g/mol. The summed E-state index contributed by atoms with van der Waals surface area (Å²) in [5, 5.41) is 2.82. The molecule has 4 heteroatoms. The lowest BCUT2D eigenvalue weighted by Crippen LogP contribution is -2.10. The van der Waals surface area contributed by atoms with E-state index in [1.54, 1.807) is 24.3 Å². The molecule has 0 radical (unpaired) electrons. The van der Waals surface area contributed by atoms with Crippen LogP contribution in [-0.4, -0.2) is 19.0 Å². The van der Waals surface area contributed by atoms with Crippen LogP contribution in [0.4, 0.5) is 5.69 Å². The number of methoxy groups -OCH3 is 1. The first-order valence-corrected chi connectivity index (χ1v) is 8.90. The molecule has 0 aliphatic carbocycles. The maximum Gasteiger partial charge on any atom is 0.337 e. The molecule has 0 fully saturated rings. The van der Waals surface area contributed by atoms with Crippen LogP contribution in [-0.2, 0) is 9.53 Å². The number of ether oxygens (including phenoxy) is 1. The largest absolute Gasteiger partial charge is 0.465 e. The van der Waals surface area contributed by atoms with Crippen LogP contribution in [0.5, 0.6) is 0 Å². The van der Waals surface area contributed by atoms with Crippen LogP contribution in [0.1, 0.15) is 21.5 Å². The van der Waals surface area contributed by atoms with Gasteiger partial charge in [0, 0.05) is 11.8 Å². The Balaban J connectivity index is 1.65. The maximum absolute atomic E-state index is 12.2. The molecule has 0 saturated carbocycles. The van der Waals surface area contributed by atoms with Crippen LogP contribution in [0.25, 0.3) is 17.2 Å². The molecular formula is C24H21NO3. The number of benzene rings is 3. The molecule has 0 atom stereocenters. The Morgan fingerprint density at radius 3 is 2.21 bits per heavy atom. The van der Waals surface area contributed by atoms with Crippen molar-refractivity contribution in [2.45, 2.75) is 6.92 Å². The summed E-state index contributed by atoms with van der Waals surface area (Å²) in [6.07, 6.45) is 3.26. The summed E-state index contributed by atoms with van der Waals surface area (Å²) in [5.74, 6) is -0.638. The van der Waals surface area contributed by atoms with Gasteiger partial charge in [0.25, 0.3) is 0 Å². The molecule has 28 heavy (non-hydrogen) atoms. The highest BCUT2D eigenvalue weighted by molar-refractivity contribution is 6.02. The van der Waals surface area contributed by atoms with Crippen molar-refractivity contribution in [2.75, 3.05) is 12.4 Å². The zero-order valence-corrected chi connectivity index (χ0v) is 15.8. The van der Waals surface area contributed by atoms with E-state index in [0.717, 1.165) is 22.3 Å². The van der Waals surface area contributed by atoms with E-state index in [1.807, 2.05) is 49.4 Å². The van der Waals surface area contributed by atoms with E-state index < -0.39 is 5.97 Å². The summed E-state index contributed by atoms with van der Waals surface area (Å²) < 4.78 is 4.70. The highest BCUT2D eigenvalue weighted by atomic mass is 16.5. The van der Waals surface area contributed by atoms with Gasteiger partial charge in [0.15, 0.2) is 0 Å². The number of nitrogens with one attached hydrogen (secondary N) is 1. The van der Waals surface area contributed by atoms with E-state index in [4.69, 9.17) is 4.74 Å². The summed E-state index contributed by atoms with van der Waals surface area (Å²) >= 11 is 0. The second-order valence-electron chi connectivity index (χ2n) is 6.33. The molecule has 4 nitrogen and oxygen atoms in total. The Labute approximate surface area is 164 Å². The van der Waals surface area contributed by atoms with Crippen molar-refractivity contribution in [3.63, 3.8) is 0 Å². The van der Waals surface area contributed by atoms with Crippen molar-refractivity contribution in [3.8, 4) is 11.1 Å². The third-order valence-corrected chi connectivity index (χ3v) is 4.35. The Morgan fingerprint density at radius 2 is 1.57 bits per heavy atom. The molecule has 0 bridgehead atoms. The minimum Gasteiger partial charge on any atom is -0.465 e. The fourth-order valence-electron chi connectivity index (χ4n) is 2.81. The average molecular weight is 371 g/mol. The summed E-state index contributed by atoms with van der Waals surface area (Å²) in [6.45, 7) is 1.83. The van der Waals surface area contributed by atoms with Gasteiger partial charge in [0.05, 0.1) is 12.7 Å². The minimum absolute atomic E-state index is 0.235. The lowest BCUT2D eigenvalue weighted by Gasteiger charge is -2.08. The van der Waals surface area contributed by atoms with Crippen LogP contribution in [0.3, 0.4) is 0 Å². The summed E-state index contributed by atoms with van der Waals surface area (Å²) in [4.78, 5) is 23.8. The number of esters is 1. The molecule has 0 spiro atoms. The quantitative estimate of drug-likeness (QED) is 0.501. The van der Waals surface area contributed by atoms with Crippen LogP contribution >= 0.6 is 0 Å². The third-order valence-electron chi connectivity index (χ3n) is 4.35. The molecule has 0 aliphatic rings. The molecule has 0 saturated heterocycles. The lowest BCUT2D eigenvalue weighted by atomic mass is 10.0. The first-order valence-electron chi connectivity index (χ1n) is 8.90. The number of amides is 1. The smallest absolute Gasteiger partial charge is 0.337 e. The van der Waals surface area contributed by atoms with Crippen LogP contribution in [0.2, 0.25) is 0 Å². The third kappa shape index (κ3) is 4.74. The van der Waals surface area contributed by atoms with E-state index in [1.165, 1.54) is 13.2 Å². The van der Waals surface area contributed by atoms with E-state index in [0.29, 0.717) is 11.3 Å². The zero-order chi connectivity index (χ0) is 19.9. The standard InChI is InChI=1S/C24H21NO3/c1-17-16-21(24(27)28-2)13-14-22(17)25-23(26)15-10-18-8-11-20(12-9-18)19-6-4-3-5-7-19/h3-16H,1-2H3,(H,25,26)/b15-10+. The second kappa shape index (κ2) is 8.82. The molecule has 3 aromatic carbocycles. The number of hydrogen-bond acceptors (Lipinski definition) is 3. The number of carbonyl (C=O) groups excluding carboxylic acids is 2. The highest BCUT2D eigenvalue weighted by Gasteiger charge is 2.08. The van der Waals surface area contributed by atoms with Crippen LogP contribution in [0.15, 0.2) is 78.9 Å². The van der Waals surface area contributed by atoms with E-state index >= 15 is 0 Å². The van der Waals surface area contributed by atoms with Gasteiger partial charge in [-0.05, 0) is 53.5 Å². The van der Waals surface area contributed by atoms with Gasteiger partial charge < -0.3 is 10.1 Å². The van der Waals surface area contributed by atoms with Crippen molar-refractivity contribution in [1.29, 1.82) is 0 Å². The van der Waals surface area contributed by atoms with Crippen LogP contribution in [0, 0.1) is 6.92 Å². The van der Waals surface area contributed by atoms with Gasteiger partial charge in [-0.25, -0.2) is 4.79 Å². The Morgan fingerprint density at radius 1 is 0.893 bits per heavy atom. The van der Waals surface area contributed by atoms with Crippen molar-refractivity contribution < 1.29 is 14.3 Å². The Bertz CT molecular complexity index is 1010. The van der Waals surface area contributed by atoms with Crippen LogP contribution < -0.4 is 5.32 Å². The van der Waals surface area contributed by atoms with Gasteiger partial charge >= 0.3 is 5.97 Å². The van der Waals surface area contributed by atoms with E-state index in [9.17, 15) is 9.59 Å². The van der Waals surface area contributed by atoms with Crippen molar-refractivity contribution in [3.05, 3.63) is 95.6 Å². The number of aryl methyl sites for hydroxylation is 1. The fourth-order valence-corrected chi connectivity index (χ4v) is 2.81. The van der Waals surface area contributed by atoms with E-state index in [2.05, 4.69) is 17.4 Å². The molecule has 3 rings (SSSR count). The number of rotatable bonds is 5. The van der Waals surface area contributed by atoms with Gasteiger partial charge in [-0.15, -0.1) is 0 Å². The first-order chi connectivity index (χ1) is 13.6. The highest BCUT2D eigenvalue weighted by Crippen LogP contribution is 2.20.